The molecule has 2 aromatic rings. The van der Waals surface area contributed by atoms with Gasteiger partial charge in [0.25, 0.3) is 5.91 Å². The minimum atomic E-state index is -0.844. The number of hydrogen-bond donors (Lipinski definition) is 1. The lowest BCUT2D eigenvalue weighted by atomic mass is 10.1. The third-order valence-corrected chi connectivity index (χ3v) is 3.84. The summed E-state index contributed by atoms with van der Waals surface area (Å²) in [5.74, 6) is 0.0106. The number of carbonyl (C=O) groups is 2. The van der Waals surface area contributed by atoms with Gasteiger partial charge in [0.1, 0.15) is 5.75 Å². The van der Waals surface area contributed by atoms with Gasteiger partial charge in [-0.2, -0.15) is 0 Å². The summed E-state index contributed by atoms with van der Waals surface area (Å²) < 4.78 is 10.7. The second kappa shape index (κ2) is 10.2. The van der Waals surface area contributed by atoms with Gasteiger partial charge in [-0.1, -0.05) is 37.3 Å². The monoisotopic (exact) mass is 355 g/mol. The molecule has 0 fully saturated rings. The average Bonchev–Trinajstić information content (AvgIpc) is 2.66. The summed E-state index contributed by atoms with van der Waals surface area (Å²) in [6.07, 6.45) is 0.829. The van der Waals surface area contributed by atoms with Crippen LogP contribution in [0.5, 0.6) is 5.75 Å². The molecule has 0 radical (unpaired) electrons. The van der Waals surface area contributed by atoms with Gasteiger partial charge in [-0.3, -0.25) is 9.59 Å². The molecular weight excluding hydrogens is 330 g/mol. The number of ether oxygens (including phenoxy) is 2. The lowest BCUT2D eigenvalue weighted by Gasteiger charge is -2.14. The third kappa shape index (κ3) is 6.59. The molecule has 0 saturated heterocycles. The van der Waals surface area contributed by atoms with Crippen molar-refractivity contribution in [2.75, 3.05) is 11.9 Å². The Kier molecular flexibility index (Phi) is 7.68. The summed E-state index contributed by atoms with van der Waals surface area (Å²) in [6.45, 7) is 4.05. The molecule has 0 saturated carbocycles. The third-order valence-electron chi connectivity index (χ3n) is 3.84. The predicted octanol–water partition coefficient (Wildman–Crippen LogP) is 3.98. The van der Waals surface area contributed by atoms with Crippen molar-refractivity contribution in [2.45, 2.75) is 39.2 Å². The van der Waals surface area contributed by atoms with Gasteiger partial charge in [0.15, 0.2) is 6.10 Å². The standard InChI is InChI=1S/C21H25NO4/c1-3-17-11-13-18(14-12-17)22-21(24)16(2)26-20(23)10-7-15-25-19-8-5-4-6-9-19/h4-6,8-9,11-14,16H,3,7,10,15H2,1-2H3,(H,22,24)/t16-/m0/s1. The summed E-state index contributed by atoms with van der Waals surface area (Å²) in [6, 6.07) is 17.0. The Morgan fingerprint density at radius 3 is 2.38 bits per heavy atom. The number of anilines is 1. The van der Waals surface area contributed by atoms with E-state index in [2.05, 4.69) is 12.2 Å². The Hall–Kier alpha value is -2.82. The first-order chi connectivity index (χ1) is 12.6. The van der Waals surface area contributed by atoms with Crippen molar-refractivity contribution >= 4 is 17.6 Å². The highest BCUT2D eigenvalue weighted by atomic mass is 16.5. The maximum Gasteiger partial charge on any atom is 0.306 e. The zero-order chi connectivity index (χ0) is 18.8. The van der Waals surface area contributed by atoms with Crippen LogP contribution in [0, 0.1) is 0 Å². The molecule has 0 aliphatic rings. The molecule has 0 bridgehead atoms. The first-order valence-electron chi connectivity index (χ1n) is 8.85. The fourth-order valence-electron chi connectivity index (χ4n) is 2.30. The van der Waals surface area contributed by atoms with Gasteiger partial charge in [-0.05, 0) is 49.6 Å². The number of carbonyl (C=O) groups excluding carboxylic acids is 2. The molecule has 1 amide bonds. The smallest absolute Gasteiger partial charge is 0.306 e. The van der Waals surface area contributed by atoms with E-state index in [-0.39, 0.29) is 12.3 Å². The van der Waals surface area contributed by atoms with E-state index in [1.165, 1.54) is 5.56 Å². The molecule has 138 valence electrons. The molecule has 5 nitrogen and oxygen atoms in total. The number of esters is 1. The predicted molar refractivity (Wildman–Crippen MR) is 101 cm³/mol. The van der Waals surface area contributed by atoms with Gasteiger partial charge in [0.2, 0.25) is 0 Å². The van der Waals surface area contributed by atoms with Crippen LogP contribution in [0.25, 0.3) is 0 Å². The van der Waals surface area contributed by atoms with E-state index in [0.717, 1.165) is 12.2 Å². The summed E-state index contributed by atoms with van der Waals surface area (Å²) in [5.41, 5.74) is 1.88. The van der Waals surface area contributed by atoms with E-state index in [0.29, 0.717) is 18.7 Å². The molecule has 5 heteroatoms. The normalized spacial score (nSPS) is 11.5. The Labute approximate surface area is 154 Å². The van der Waals surface area contributed by atoms with E-state index in [1.54, 1.807) is 6.92 Å². The van der Waals surface area contributed by atoms with Crippen molar-refractivity contribution in [3.8, 4) is 5.75 Å². The SMILES string of the molecule is CCc1ccc(NC(=O)[C@H](C)OC(=O)CCCOc2ccccc2)cc1. The molecule has 0 aliphatic heterocycles. The lowest BCUT2D eigenvalue weighted by molar-refractivity contribution is -0.153. The minimum Gasteiger partial charge on any atom is -0.494 e. The Morgan fingerprint density at radius 2 is 1.73 bits per heavy atom. The number of aryl methyl sites for hydroxylation is 1. The lowest BCUT2D eigenvalue weighted by Crippen LogP contribution is -2.30. The largest absolute Gasteiger partial charge is 0.494 e. The molecule has 2 aromatic carbocycles. The average molecular weight is 355 g/mol. The van der Waals surface area contributed by atoms with Gasteiger partial charge in [0.05, 0.1) is 6.61 Å². The van der Waals surface area contributed by atoms with Crippen molar-refractivity contribution in [2.24, 2.45) is 0 Å². The maximum absolute atomic E-state index is 12.1. The van der Waals surface area contributed by atoms with Crippen molar-refractivity contribution in [3.63, 3.8) is 0 Å². The van der Waals surface area contributed by atoms with Gasteiger partial charge in [-0.25, -0.2) is 0 Å². The molecule has 1 atom stereocenters. The second-order valence-electron chi connectivity index (χ2n) is 5.94. The van der Waals surface area contributed by atoms with Crippen LogP contribution in [0.15, 0.2) is 54.6 Å². The van der Waals surface area contributed by atoms with Gasteiger partial charge >= 0.3 is 5.97 Å². The molecule has 2 rings (SSSR count). The van der Waals surface area contributed by atoms with Crippen molar-refractivity contribution in [1.29, 1.82) is 0 Å². The van der Waals surface area contributed by atoms with Crippen LogP contribution < -0.4 is 10.1 Å². The van der Waals surface area contributed by atoms with E-state index < -0.39 is 12.1 Å². The Balaban J connectivity index is 1.67. The topological polar surface area (TPSA) is 64.6 Å². The quantitative estimate of drug-likeness (QED) is 0.546. The zero-order valence-electron chi connectivity index (χ0n) is 15.2. The van der Waals surface area contributed by atoms with E-state index in [9.17, 15) is 9.59 Å². The second-order valence-corrected chi connectivity index (χ2v) is 5.94. The van der Waals surface area contributed by atoms with E-state index in [4.69, 9.17) is 9.47 Å². The Bertz CT molecular complexity index is 698. The van der Waals surface area contributed by atoms with Crippen LogP contribution in [0.1, 0.15) is 32.3 Å². The molecule has 0 aromatic heterocycles. The number of hydrogen-bond acceptors (Lipinski definition) is 4. The molecule has 0 unspecified atom stereocenters. The highest BCUT2D eigenvalue weighted by Crippen LogP contribution is 2.12. The highest BCUT2D eigenvalue weighted by Gasteiger charge is 2.17. The first kappa shape index (κ1) is 19.5. The van der Waals surface area contributed by atoms with Crippen LogP contribution in [0.2, 0.25) is 0 Å². The molecule has 0 heterocycles. The van der Waals surface area contributed by atoms with E-state index >= 15 is 0 Å². The van der Waals surface area contributed by atoms with Crippen LogP contribution in [0.4, 0.5) is 5.69 Å². The Morgan fingerprint density at radius 1 is 1.04 bits per heavy atom. The van der Waals surface area contributed by atoms with Crippen LogP contribution in [-0.4, -0.2) is 24.6 Å². The summed E-state index contributed by atoms with van der Waals surface area (Å²) >= 11 is 0. The molecule has 0 aliphatic carbocycles. The number of nitrogens with one attached hydrogen (secondary N) is 1. The molecule has 1 N–H and O–H groups in total. The number of rotatable bonds is 9. The zero-order valence-corrected chi connectivity index (χ0v) is 15.2. The number of amides is 1. The number of para-hydroxylation sites is 1. The number of benzene rings is 2. The fourth-order valence-corrected chi connectivity index (χ4v) is 2.30. The minimum absolute atomic E-state index is 0.204. The molecule has 0 spiro atoms. The van der Waals surface area contributed by atoms with Crippen molar-refractivity contribution in [1.82, 2.24) is 0 Å². The highest BCUT2D eigenvalue weighted by molar-refractivity contribution is 5.95. The van der Waals surface area contributed by atoms with Gasteiger partial charge < -0.3 is 14.8 Å². The van der Waals surface area contributed by atoms with Crippen LogP contribution in [-0.2, 0) is 20.7 Å². The van der Waals surface area contributed by atoms with Crippen LogP contribution in [0.3, 0.4) is 0 Å². The van der Waals surface area contributed by atoms with Crippen LogP contribution >= 0.6 is 0 Å². The van der Waals surface area contributed by atoms with Crippen molar-refractivity contribution in [3.05, 3.63) is 60.2 Å². The van der Waals surface area contributed by atoms with Crippen molar-refractivity contribution < 1.29 is 19.1 Å². The maximum atomic E-state index is 12.1. The molecule has 26 heavy (non-hydrogen) atoms. The molecular formula is C21H25NO4. The van der Waals surface area contributed by atoms with Gasteiger partial charge in [0, 0.05) is 12.1 Å². The summed E-state index contributed by atoms with van der Waals surface area (Å²) in [5, 5.41) is 2.75. The fraction of sp³-hybridized carbons (Fsp3) is 0.333. The van der Waals surface area contributed by atoms with Gasteiger partial charge in [-0.15, -0.1) is 0 Å². The summed E-state index contributed by atoms with van der Waals surface area (Å²) in [4.78, 5) is 24.0. The summed E-state index contributed by atoms with van der Waals surface area (Å²) in [7, 11) is 0. The first-order valence-corrected chi connectivity index (χ1v) is 8.85. The van der Waals surface area contributed by atoms with E-state index in [1.807, 2.05) is 54.6 Å².